The molecule has 2 N–H and O–H groups in total. The van der Waals surface area contributed by atoms with Gasteiger partial charge >= 0.3 is 0 Å². The first kappa shape index (κ1) is 15.9. The Hall–Kier alpha value is -1.44. The van der Waals surface area contributed by atoms with Gasteiger partial charge in [0.15, 0.2) is 0 Å². The van der Waals surface area contributed by atoms with Crippen molar-refractivity contribution in [2.24, 2.45) is 5.14 Å². The van der Waals surface area contributed by atoms with Crippen LogP contribution in [0.15, 0.2) is 17.0 Å². The summed E-state index contributed by atoms with van der Waals surface area (Å²) < 4.78 is 28.7. The van der Waals surface area contributed by atoms with Crippen LogP contribution in [-0.4, -0.2) is 13.4 Å². The molecule has 5 nitrogen and oxygen atoms in total. The number of nitrogens with zero attached hydrogens (tertiary/aromatic N) is 1. The van der Waals surface area contributed by atoms with Crippen LogP contribution >= 0.6 is 11.3 Å². The van der Waals surface area contributed by atoms with Crippen molar-refractivity contribution in [2.45, 2.75) is 39.2 Å². The van der Waals surface area contributed by atoms with Gasteiger partial charge in [-0.05, 0) is 51.0 Å². The quantitative estimate of drug-likeness (QED) is 0.936. The minimum atomic E-state index is -3.71. The molecule has 0 aliphatic rings. The van der Waals surface area contributed by atoms with E-state index in [2.05, 4.69) is 4.98 Å². The minimum Gasteiger partial charge on any atom is -0.486 e. The van der Waals surface area contributed by atoms with E-state index in [-0.39, 0.29) is 4.90 Å². The standard InChI is InChI=1S/C14H18N2O3S2/c1-8-6-13(21(15,17)18)9(2)5-12(8)19-7-14-16-10(3)11(4)20-14/h5-6H,7H2,1-4H3,(H2,15,17,18). The van der Waals surface area contributed by atoms with E-state index in [1.165, 1.54) is 4.88 Å². The molecule has 1 aromatic carbocycles. The topological polar surface area (TPSA) is 82.3 Å². The lowest BCUT2D eigenvalue weighted by atomic mass is 10.1. The second-order valence-corrected chi connectivity index (χ2v) is 7.78. The van der Waals surface area contributed by atoms with Gasteiger partial charge in [0.2, 0.25) is 10.0 Å². The van der Waals surface area contributed by atoms with Crippen molar-refractivity contribution < 1.29 is 13.2 Å². The van der Waals surface area contributed by atoms with Gasteiger partial charge in [0.05, 0.1) is 10.6 Å². The summed E-state index contributed by atoms with van der Waals surface area (Å²) in [6.07, 6.45) is 0. The molecule has 1 heterocycles. The molecule has 0 aliphatic carbocycles. The van der Waals surface area contributed by atoms with Crippen molar-refractivity contribution in [1.29, 1.82) is 0 Å². The van der Waals surface area contributed by atoms with Crippen LogP contribution in [-0.2, 0) is 16.6 Å². The van der Waals surface area contributed by atoms with Crippen molar-refractivity contribution in [3.63, 3.8) is 0 Å². The SMILES string of the molecule is Cc1cc(S(N)(=O)=O)c(C)cc1OCc1nc(C)c(C)s1. The molecule has 0 unspecified atom stereocenters. The first-order valence-corrected chi connectivity index (χ1v) is 8.74. The van der Waals surface area contributed by atoms with Gasteiger partial charge in [-0.25, -0.2) is 18.5 Å². The van der Waals surface area contributed by atoms with Crippen LogP contribution in [0.5, 0.6) is 5.75 Å². The number of aromatic nitrogens is 1. The van der Waals surface area contributed by atoms with E-state index in [0.717, 1.165) is 16.3 Å². The molecule has 0 radical (unpaired) electrons. The number of aryl methyl sites for hydroxylation is 4. The smallest absolute Gasteiger partial charge is 0.238 e. The molecule has 0 saturated heterocycles. The van der Waals surface area contributed by atoms with Gasteiger partial charge in [-0.1, -0.05) is 0 Å². The maximum absolute atomic E-state index is 11.5. The molecule has 0 atom stereocenters. The number of hydrogen-bond donors (Lipinski definition) is 1. The largest absolute Gasteiger partial charge is 0.486 e. The van der Waals surface area contributed by atoms with E-state index in [1.54, 1.807) is 37.3 Å². The van der Waals surface area contributed by atoms with Gasteiger partial charge in [-0.15, -0.1) is 11.3 Å². The molecule has 0 saturated carbocycles. The highest BCUT2D eigenvalue weighted by atomic mass is 32.2. The number of primary sulfonamides is 1. The molecule has 0 fully saturated rings. The molecule has 0 spiro atoms. The Bertz CT molecular complexity index is 760. The van der Waals surface area contributed by atoms with Crippen LogP contribution in [0.2, 0.25) is 0 Å². The number of thiazole rings is 1. The molecule has 2 rings (SSSR count). The Morgan fingerprint density at radius 2 is 1.86 bits per heavy atom. The summed E-state index contributed by atoms with van der Waals surface area (Å²) in [7, 11) is -3.71. The zero-order valence-corrected chi connectivity index (χ0v) is 14.1. The van der Waals surface area contributed by atoms with E-state index in [4.69, 9.17) is 9.88 Å². The fourth-order valence-corrected chi connectivity index (χ4v) is 3.66. The molecule has 2 aromatic rings. The highest BCUT2D eigenvalue weighted by molar-refractivity contribution is 7.89. The average Bonchev–Trinajstić information content (AvgIpc) is 2.68. The highest BCUT2D eigenvalue weighted by Crippen LogP contribution is 2.26. The second-order valence-electron chi connectivity index (χ2n) is 4.97. The number of hydrogen-bond acceptors (Lipinski definition) is 5. The molecule has 21 heavy (non-hydrogen) atoms. The molecule has 0 amide bonds. The van der Waals surface area contributed by atoms with Gasteiger partial charge in [-0.3, -0.25) is 0 Å². The number of rotatable bonds is 4. The summed E-state index contributed by atoms with van der Waals surface area (Å²) in [5.41, 5.74) is 2.32. The van der Waals surface area contributed by atoms with Crippen LogP contribution in [0.25, 0.3) is 0 Å². The van der Waals surface area contributed by atoms with Crippen LogP contribution in [0.3, 0.4) is 0 Å². The summed E-state index contributed by atoms with van der Waals surface area (Å²) >= 11 is 1.60. The van der Waals surface area contributed by atoms with Crippen molar-refractivity contribution in [3.8, 4) is 5.75 Å². The maximum Gasteiger partial charge on any atom is 0.238 e. The number of ether oxygens (including phenoxy) is 1. The maximum atomic E-state index is 11.5. The fraction of sp³-hybridized carbons (Fsp3) is 0.357. The third-order valence-corrected chi connectivity index (χ3v) is 5.30. The van der Waals surface area contributed by atoms with E-state index in [9.17, 15) is 8.42 Å². The first-order valence-electron chi connectivity index (χ1n) is 6.38. The Kier molecular flexibility index (Phi) is 4.36. The second kappa shape index (κ2) is 5.75. The zero-order valence-electron chi connectivity index (χ0n) is 12.4. The van der Waals surface area contributed by atoms with Crippen molar-refractivity contribution in [2.75, 3.05) is 0 Å². The van der Waals surface area contributed by atoms with Gasteiger partial charge < -0.3 is 4.74 Å². The molecule has 1 aromatic heterocycles. The monoisotopic (exact) mass is 326 g/mol. The predicted molar refractivity (Wildman–Crippen MR) is 83.2 cm³/mol. The zero-order chi connectivity index (χ0) is 15.8. The van der Waals surface area contributed by atoms with E-state index < -0.39 is 10.0 Å². The fourth-order valence-electron chi connectivity index (χ4n) is 1.97. The van der Waals surface area contributed by atoms with Crippen LogP contribution in [0, 0.1) is 27.7 Å². The highest BCUT2D eigenvalue weighted by Gasteiger charge is 2.15. The van der Waals surface area contributed by atoms with Crippen molar-refractivity contribution in [1.82, 2.24) is 4.98 Å². The average molecular weight is 326 g/mol. The molecular formula is C14H18N2O3S2. The Labute approximate surface area is 128 Å². The number of nitrogens with two attached hydrogens (primary N) is 1. The lowest BCUT2D eigenvalue weighted by molar-refractivity contribution is 0.303. The van der Waals surface area contributed by atoms with Crippen molar-refractivity contribution in [3.05, 3.63) is 38.8 Å². The van der Waals surface area contributed by atoms with Gasteiger partial charge in [0.1, 0.15) is 17.4 Å². The Morgan fingerprint density at radius 3 is 2.38 bits per heavy atom. The Balaban J connectivity index is 2.23. The Morgan fingerprint density at radius 1 is 1.19 bits per heavy atom. The first-order chi connectivity index (χ1) is 9.68. The predicted octanol–water partition coefficient (Wildman–Crippen LogP) is 2.60. The molecular weight excluding hydrogens is 308 g/mol. The van der Waals surface area contributed by atoms with E-state index in [1.807, 2.05) is 13.8 Å². The molecule has 0 bridgehead atoms. The number of benzene rings is 1. The summed E-state index contributed by atoms with van der Waals surface area (Å²) in [5, 5.41) is 6.08. The summed E-state index contributed by atoms with van der Waals surface area (Å²) in [6, 6.07) is 3.24. The van der Waals surface area contributed by atoms with E-state index >= 15 is 0 Å². The summed E-state index contributed by atoms with van der Waals surface area (Å²) in [6.45, 7) is 7.85. The summed E-state index contributed by atoms with van der Waals surface area (Å²) in [5.74, 6) is 0.644. The normalized spacial score (nSPS) is 11.7. The molecule has 7 heteroatoms. The molecule has 114 valence electrons. The van der Waals surface area contributed by atoms with Crippen LogP contribution in [0.4, 0.5) is 0 Å². The third-order valence-electron chi connectivity index (χ3n) is 3.20. The number of sulfonamides is 1. The summed E-state index contributed by atoms with van der Waals surface area (Å²) in [4.78, 5) is 5.72. The molecule has 0 aliphatic heterocycles. The van der Waals surface area contributed by atoms with Gasteiger partial charge in [0.25, 0.3) is 0 Å². The van der Waals surface area contributed by atoms with Gasteiger partial charge in [0, 0.05) is 4.88 Å². The third kappa shape index (κ3) is 3.61. The van der Waals surface area contributed by atoms with E-state index in [0.29, 0.717) is 17.9 Å². The van der Waals surface area contributed by atoms with Crippen molar-refractivity contribution >= 4 is 21.4 Å². The minimum absolute atomic E-state index is 0.133. The lowest BCUT2D eigenvalue weighted by Gasteiger charge is -2.11. The lowest BCUT2D eigenvalue weighted by Crippen LogP contribution is -2.14. The van der Waals surface area contributed by atoms with Crippen LogP contribution in [0.1, 0.15) is 26.7 Å². The van der Waals surface area contributed by atoms with Crippen LogP contribution < -0.4 is 9.88 Å². The van der Waals surface area contributed by atoms with Gasteiger partial charge in [-0.2, -0.15) is 0 Å².